The Morgan fingerprint density at radius 2 is 1.84 bits per heavy atom. The summed E-state index contributed by atoms with van der Waals surface area (Å²) in [5.41, 5.74) is 2.45. The quantitative estimate of drug-likeness (QED) is 0.888. The number of ether oxygens (including phenoxy) is 1. The number of carbonyl (C=O) groups excluding carboxylic acids is 1. The van der Waals surface area contributed by atoms with Crippen LogP contribution in [-0.2, 0) is 17.8 Å². The summed E-state index contributed by atoms with van der Waals surface area (Å²) in [5, 5.41) is 3.05. The van der Waals surface area contributed by atoms with Crippen molar-refractivity contribution < 1.29 is 9.53 Å². The molecule has 0 saturated carbocycles. The van der Waals surface area contributed by atoms with E-state index in [4.69, 9.17) is 4.74 Å². The smallest absolute Gasteiger partial charge is 0.261 e. The highest BCUT2D eigenvalue weighted by atomic mass is 32.1. The third-order valence-electron chi connectivity index (χ3n) is 4.41. The van der Waals surface area contributed by atoms with Crippen LogP contribution in [0.5, 0.6) is 0 Å². The Labute approximate surface area is 153 Å². The van der Waals surface area contributed by atoms with Crippen LogP contribution in [0, 0.1) is 6.92 Å². The molecule has 0 aliphatic carbocycles. The van der Waals surface area contributed by atoms with Crippen LogP contribution in [0.15, 0.2) is 36.4 Å². The van der Waals surface area contributed by atoms with Crippen LogP contribution in [0.2, 0.25) is 0 Å². The first-order valence-corrected chi connectivity index (χ1v) is 9.62. The number of nitrogens with one attached hydrogen (secondary N) is 1. The molecule has 5 heteroatoms. The minimum Gasteiger partial charge on any atom is -0.373 e. The molecular weight excluding hydrogens is 332 g/mol. The third-order valence-corrected chi connectivity index (χ3v) is 5.41. The van der Waals surface area contributed by atoms with Crippen LogP contribution in [0.25, 0.3) is 0 Å². The number of hydrogen-bond acceptors (Lipinski definition) is 4. The van der Waals surface area contributed by atoms with Gasteiger partial charge in [-0.25, -0.2) is 0 Å². The lowest BCUT2D eigenvalue weighted by atomic mass is 10.1. The molecule has 1 aliphatic rings. The first-order chi connectivity index (χ1) is 12.0. The summed E-state index contributed by atoms with van der Waals surface area (Å²) in [4.78, 5) is 16.6. The molecule has 3 rings (SSSR count). The van der Waals surface area contributed by atoms with Gasteiger partial charge in [0.25, 0.3) is 5.91 Å². The van der Waals surface area contributed by atoms with E-state index in [0.717, 1.165) is 29.4 Å². The van der Waals surface area contributed by atoms with Gasteiger partial charge >= 0.3 is 0 Å². The lowest BCUT2D eigenvalue weighted by Gasteiger charge is -2.35. The predicted molar refractivity (Wildman–Crippen MR) is 102 cm³/mol. The number of hydrogen-bond donors (Lipinski definition) is 1. The molecule has 25 heavy (non-hydrogen) atoms. The van der Waals surface area contributed by atoms with E-state index in [0.29, 0.717) is 6.54 Å². The van der Waals surface area contributed by atoms with Gasteiger partial charge < -0.3 is 10.1 Å². The fourth-order valence-corrected chi connectivity index (χ4v) is 4.14. The van der Waals surface area contributed by atoms with Crippen LogP contribution in [0.4, 0.5) is 0 Å². The molecule has 1 saturated heterocycles. The van der Waals surface area contributed by atoms with Crippen molar-refractivity contribution in [1.29, 1.82) is 0 Å². The lowest BCUT2D eigenvalue weighted by Crippen LogP contribution is -2.45. The molecule has 1 N–H and O–H groups in total. The average molecular weight is 359 g/mol. The number of carbonyl (C=O) groups is 1. The highest BCUT2D eigenvalue weighted by Crippen LogP contribution is 2.18. The van der Waals surface area contributed by atoms with Crippen molar-refractivity contribution in [2.75, 3.05) is 13.1 Å². The van der Waals surface area contributed by atoms with Crippen LogP contribution < -0.4 is 5.32 Å². The Balaban J connectivity index is 1.63. The molecule has 0 bridgehead atoms. The monoisotopic (exact) mass is 358 g/mol. The van der Waals surface area contributed by atoms with Gasteiger partial charge in [0, 0.05) is 31.1 Å². The van der Waals surface area contributed by atoms with E-state index in [2.05, 4.69) is 42.3 Å². The standard InChI is InChI=1S/C20H26N2O2S/c1-14-11-22(12-15(2)24-14)13-18-7-5-4-6-17(18)10-21-20(23)19-9-8-16(3)25-19/h4-9,14-15H,10-13H2,1-3H3,(H,21,23)/t14-,15-/m1/s1. The zero-order valence-electron chi connectivity index (χ0n) is 15.1. The van der Waals surface area contributed by atoms with Gasteiger partial charge in [-0.1, -0.05) is 24.3 Å². The minimum atomic E-state index is 0.00141. The van der Waals surface area contributed by atoms with E-state index in [9.17, 15) is 4.79 Å². The molecular formula is C20H26N2O2S. The van der Waals surface area contributed by atoms with Crippen molar-refractivity contribution in [3.8, 4) is 0 Å². The van der Waals surface area contributed by atoms with Gasteiger partial charge in [-0.2, -0.15) is 0 Å². The number of benzene rings is 1. The van der Waals surface area contributed by atoms with Crippen molar-refractivity contribution >= 4 is 17.2 Å². The summed E-state index contributed by atoms with van der Waals surface area (Å²) in [7, 11) is 0. The van der Waals surface area contributed by atoms with Gasteiger partial charge in [-0.3, -0.25) is 9.69 Å². The van der Waals surface area contributed by atoms with Crippen molar-refractivity contribution in [3.05, 3.63) is 57.3 Å². The van der Waals surface area contributed by atoms with E-state index >= 15 is 0 Å². The second-order valence-corrected chi connectivity index (χ2v) is 8.10. The first kappa shape index (κ1) is 18.1. The van der Waals surface area contributed by atoms with E-state index in [1.54, 1.807) is 0 Å². The Morgan fingerprint density at radius 1 is 1.16 bits per heavy atom. The number of nitrogens with zero attached hydrogens (tertiary/aromatic N) is 1. The number of aryl methyl sites for hydroxylation is 1. The number of morpholine rings is 1. The Morgan fingerprint density at radius 3 is 2.48 bits per heavy atom. The molecule has 2 aromatic rings. The number of thiophene rings is 1. The maximum Gasteiger partial charge on any atom is 0.261 e. The van der Waals surface area contributed by atoms with Crippen LogP contribution in [-0.4, -0.2) is 36.1 Å². The summed E-state index contributed by atoms with van der Waals surface area (Å²) in [6.07, 6.45) is 0.523. The fraction of sp³-hybridized carbons (Fsp3) is 0.450. The predicted octanol–water partition coefficient (Wildman–Crippen LogP) is 3.60. The van der Waals surface area contributed by atoms with Crippen molar-refractivity contribution in [1.82, 2.24) is 10.2 Å². The molecule has 0 radical (unpaired) electrons. The summed E-state index contributed by atoms with van der Waals surface area (Å²) in [6, 6.07) is 12.2. The Bertz CT molecular complexity index is 718. The first-order valence-electron chi connectivity index (χ1n) is 8.80. The second kappa shape index (κ2) is 8.13. The highest BCUT2D eigenvalue weighted by molar-refractivity contribution is 7.13. The molecule has 134 valence electrons. The average Bonchev–Trinajstić information content (AvgIpc) is 2.99. The summed E-state index contributed by atoms with van der Waals surface area (Å²) in [5.74, 6) is 0.00141. The molecule has 0 spiro atoms. The van der Waals surface area contributed by atoms with Crippen LogP contribution in [0.3, 0.4) is 0 Å². The van der Waals surface area contributed by atoms with Crippen molar-refractivity contribution in [2.45, 2.75) is 46.1 Å². The Hall–Kier alpha value is -1.69. The maximum atomic E-state index is 12.3. The van der Waals surface area contributed by atoms with Gasteiger partial charge in [-0.15, -0.1) is 11.3 Å². The topological polar surface area (TPSA) is 41.6 Å². The molecule has 0 unspecified atom stereocenters. The zero-order valence-corrected chi connectivity index (χ0v) is 15.9. The molecule has 4 nitrogen and oxygen atoms in total. The van der Waals surface area contributed by atoms with Crippen LogP contribution >= 0.6 is 11.3 Å². The van der Waals surface area contributed by atoms with Gasteiger partial charge in [-0.05, 0) is 44.0 Å². The zero-order chi connectivity index (χ0) is 17.8. The normalized spacial score (nSPS) is 21.2. The molecule has 2 atom stereocenters. The van der Waals surface area contributed by atoms with E-state index < -0.39 is 0 Å². The van der Waals surface area contributed by atoms with Crippen molar-refractivity contribution in [2.24, 2.45) is 0 Å². The van der Waals surface area contributed by atoms with Gasteiger partial charge in [0.05, 0.1) is 17.1 Å². The molecule has 1 aliphatic heterocycles. The summed E-state index contributed by atoms with van der Waals surface area (Å²) >= 11 is 1.53. The number of rotatable bonds is 5. The molecule has 1 aromatic carbocycles. The molecule has 1 aromatic heterocycles. The van der Waals surface area contributed by atoms with Gasteiger partial charge in [0.2, 0.25) is 0 Å². The maximum absolute atomic E-state index is 12.3. The molecule has 1 fully saturated rings. The van der Waals surface area contributed by atoms with Gasteiger partial charge in [0.15, 0.2) is 0 Å². The SMILES string of the molecule is Cc1ccc(C(=O)NCc2ccccc2CN2C[C@@H](C)O[C@H](C)C2)s1. The fourth-order valence-electron chi connectivity index (χ4n) is 3.36. The molecule has 1 amide bonds. The highest BCUT2D eigenvalue weighted by Gasteiger charge is 2.22. The number of amides is 1. The lowest BCUT2D eigenvalue weighted by molar-refractivity contribution is -0.0705. The van der Waals surface area contributed by atoms with Crippen LogP contribution in [0.1, 0.15) is 39.5 Å². The second-order valence-electron chi connectivity index (χ2n) is 6.81. The van der Waals surface area contributed by atoms with Gasteiger partial charge in [0.1, 0.15) is 0 Å². The largest absolute Gasteiger partial charge is 0.373 e. The van der Waals surface area contributed by atoms with E-state index in [1.807, 2.05) is 25.1 Å². The third kappa shape index (κ3) is 4.91. The molecule has 2 heterocycles. The van der Waals surface area contributed by atoms with E-state index in [-0.39, 0.29) is 18.1 Å². The minimum absolute atomic E-state index is 0.00141. The van der Waals surface area contributed by atoms with Crippen molar-refractivity contribution in [3.63, 3.8) is 0 Å². The van der Waals surface area contributed by atoms with E-state index in [1.165, 1.54) is 22.5 Å². The summed E-state index contributed by atoms with van der Waals surface area (Å²) in [6.45, 7) is 9.60. The summed E-state index contributed by atoms with van der Waals surface area (Å²) < 4.78 is 5.82. The Kier molecular flexibility index (Phi) is 5.89.